The van der Waals surface area contributed by atoms with Crippen LogP contribution in [0, 0.1) is 0 Å². The Hall–Kier alpha value is -0.350. The molecule has 1 N–H and O–H groups in total. The Morgan fingerprint density at radius 2 is 1.88 bits per heavy atom. The second kappa shape index (κ2) is 12.1. The van der Waals surface area contributed by atoms with Crippen LogP contribution >= 0.6 is 24.8 Å². The van der Waals surface area contributed by atoms with Gasteiger partial charge in [-0.15, -0.1) is 24.8 Å². The summed E-state index contributed by atoms with van der Waals surface area (Å²) in [6, 6.07) is 6.01. The van der Waals surface area contributed by atoms with Crippen molar-refractivity contribution in [1.29, 1.82) is 0 Å². The van der Waals surface area contributed by atoms with Crippen molar-refractivity contribution in [2.75, 3.05) is 26.2 Å². The summed E-state index contributed by atoms with van der Waals surface area (Å²) < 4.78 is 0. The van der Waals surface area contributed by atoms with Gasteiger partial charge in [0.1, 0.15) is 0 Å². The van der Waals surface area contributed by atoms with Crippen molar-refractivity contribution in [2.24, 2.45) is 0 Å². The van der Waals surface area contributed by atoms with Crippen LogP contribution in [-0.4, -0.2) is 36.1 Å². The van der Waals surface area contributed by atoms with Gasteiger partial charge in [-0.25, -0.2) is 0 Å². The molecular weight excluding hydrogens is 257 g/mol. The minimum Gasteiger partial charge on any atom is -0.310 e. The minimum absolute atomic E-state index is 0. The van der Waals surface area contributed by atoms with Crippen molar-refractivity contribution in [3.8, 4) is 0 Å². The third-order valence-electron chi connectivity index (χ3n) is 2.53. The molecule has 0 bridgehead atoms. The van der Waals surface area contributed by atoms with Crippen molar-refractivity contribution in [3.05, 3.63) is 30.1 Å². The van der Waals surface area contributed by atoms with Crippen LogP contribution < -0.4 is 5.32 Å². The van der Waals surface area contributed by atoms with E-state index < -0.39 is 0 Å². The highest BCUT2D eigenvalue weighted by Crippen LogP contribution is 1.91. The number of halogens is 2. The van der Waals surface area contributed by atoms with Gasteiger partial charge in [0, 0.05) is 25.8 Å². The maximum atomic E-state index is 4.26. The molecular formula is C12H23Cl2N3. The second-order valence-corrected chi connectivity index (χ2v) is 3.52. The number of hydrogen-bond acceptors (Lipinski definition) is 3. The van der Waals surface area contributed by atoms with E-state index in [-0.39, 0.29) is 24.8 Å². The lowest BCUT2D eigenvalue weighted by Gasteiger charge is -2.17. The van der Waals surface area contributed by atoms with E-state index in [1.165, 1.54) is 0 Å². The van der Waals surface area contributed by atoms with Crippen molar-refractivity contribution < 1.29 is 0 Å². The van der Waals surface area contributed by atoms with E-state index in [0.717, 1.165) is 38.4 Å². The van der Waals surface area contributed by atoms with E-state index in [4.69, 9.17) is 0 Å². The van der Waals surface area contributed by atoms with Crippen LogP contribution in [0.3, 0.4) is 0 Å². The molecule has 0 aliphatic rings. The molecule has 0 aliphatic heterocycles. The number of aromatic nitrogens is 1. The summed E-state index contributed by atoms with van der Waals surface area (Å²) in [5.41, 5.74) is 1.11. The van der Waals surface area contributed by atoms with E-state index in [9.17, 15) is 0 Å². The van der Waals surface area contributed by atoms with Crippen LogP contribution in [-0.2, 0) is 6.54 Å². The SMILES string of the molecule is CCN(CC)CCNCc1ccccn1.Cl.Cl. The van der Waals surface area contributed by atoms with E-state index >= 15 is 0 Å². The standard InChI is InChI=1S/C12H21N3.2ClH/c1-3-15(4-2)10-9-13-11-12-7-5-6-8-14-12;;/h5-8,13H,3-4,9-11H2,1-2H3;2*1H. The number of nitrogens with zero attached hydrogens (tertiary/aromatic N) is 2. The highest BCUT2D eigenvalue weighted by atomic mass is 35.5. The highest BCUT2D eigenvalue weighted by molar-refractivity contribution is 5.85. The normalized spacial score (nSPS) is 9.59. The lowest BCUT2D eigenvalue weighted by Crippen LogP contribution is -2.31. The predicted molar refractivity (Wildman–Crippen MR) is 78.2 cm³/mol. The zero-order valence-electron chi connectivity index (χ0n) is 10.6. The molecule has 0 saturated heterocycles. The average molecular weight is 280 g/mol. The largest absolute Gasteiger partial charge is 0.310 e. The lowest BCUT2D eigenvalue weighted by molar-refractivity contribution is 0.302. The lowest BCUT2D eigenvalue weighted by atomic mass is 10.3. The fraction of sp³-hybridized carbons (Fsp3) is 0.583. The maximum Gasteiger partial charge on any atom is 0.0541 e. The minimum atomic E-state index is 0. The zero-order chi connectivity index (χ0) is 10.9. The summed E-state index contributed by atoms with van der Waals surface area (Å²) in [6.07, 6.45) is 1.83. The third-order valence-corrected chi connectivity index (χ3v) is 2.53. The summed E-state index contributed by atoms with van der Waals surface area (Å²) in [5.74, 6) is 0. The number of rotatable bonds is 7. The van der Waals surface area contributed by atoms with Crippen LogP contribution in [0.2, 0.25) is 0 Å². The van der Waals surface area contributed by atoms with Gasteiger partial charge in [-0.3, -0.25) is 4.98 Å². The van der Waals surface area contributed by atoms with Gasteiger partial charge in [-0.2, -0.15) is 0 Å². The quantitative estimate of drug-likeness (QED) is 0.777. The Balaban J connectivity index is 0. The molecule has 0 radical (unpaired) electrons. The van der Waals surface area contributed by atoms with Crippen LogP contribution in [0.25, 0.3) is 0 Å². The van der Waals surface area contributed by atoms with Gasteiger partial charge < -0.3 is 10.2 Å². The molecule has 1 aromatic heterocycles. The van der Waals surface area contributed by atoms with Gasteiger partial charge in [-0.05, 0) is 25.2 Å². The Morgan fingerprint density at radius 3 is 2.41 bits per heavy atom. The van der Waals surface area contributed by atoms with E-state index in [2.05, 4.69) is 29.0 Å². The average Bonchev–Trinajstić information content (AvgIpc) is 2.31. The topological polar surface area (TPSA) is 28.2 Å². The van der Waals surface area contributed by atoms with Crippen LogP contribution in [0.5, 0.6) is 0 Å². The summed E-state index contributed by atoms with van der Waals surface area (Å²) in [6.45, 7) is 9.65. The number of likely N-dealkylation sites (N-methyl/N-ethyl adjacent to an activating group) is 1. The molecule has 0 aliphatic carbocycles. The fourth-order valence-corrected chi connectivity index (χ4v) is 1.50. The first-order valence-corrected chi connectivity index (χ1v) is 5.69. The Bertz CT molecular complexity index is 253. The number of pyridine rings is 1. The van der Waals surface area contributed by atoms with Crippen molar-refractivity contribution >= 4 is 24.8 Å². The summed E-state index contributed by atoms with van der Waals surface area (Å²) in [4.78, 5) is 6.67. The molecule has 3 nitrogen and oxygen atoms in total. The van der Waals surface area contributed by atoms with Gasteiger partial charge in [0.15, 0.2) is 0 Å². The number of hydrogen-bond donors (Lipinski definition) is 1. The molecule has 1 heterocycles. The van der Waals surface area contributed by atoms with Crippen molar-refractivity contribution in [1.82, 2.24) is 15.2 Å². The molecule has 1 aromatic rings. The Morgan fingerprint density at radius 1 is 1.18 bits per heavy atom. The monoisotopic (exact) mass is 279 g/mol. The second-order valence-electron chi connectivity index (χ2n) is 3.52. The van der Waals surface area contributed by atoms with Crippen molar-refractivity contribution in [2.45, 2.75) is 20.4 Å². The molecule has 0 aromatic carbocycles. The third kappa shape index (κ3) is 8.38. The molecule has 0 amide bonds. The first kappa shape index (κ1) is 19.0. The van der Waals surface area contributed by atoms with Gasteiger partial charge in [0.05, 0.1) is 5.69 Å². The van der Waals surface area contributed by atoms with Gasteiger partial charge in [0.25, 0.3) is 0 Å². The van der Waals surface area contributed by atoms with Crippen LogP contribution in [0.1, 0.15) is 19.5 Å². The predicted octanol–water partition coefficient (Wildman–Crippen LogP) is 2.36. The zero-order valence-corrected chi connectivity index (χ0v) is 12.2. The van der Waals surface area contributed by atoms with Crippen LogP contribution in [0.15, 0.2) is 24.4 Å². The Labute approximate surface area is 117 Å². The molecule has 5 heteroatoms. The molecule has 0 atom stereocenters. The van der Waals surface area contributed by atoms with Gasteiger partial charge >= 0.3 is 0 Å². The molecule has 17 heavy (non-hydrogen) atoms. The smallest absolute Gasteiger partial charge is 0.0541 e. The van der Waals surface area contributed by atoms with Crippen molar-refractivity contribution in [3.63, 3.8) is 0 Å². The van der Waals surface area contributed by atoms with E-state index in [0.29, 0.717) is 0 Å². The molecule has 0 saturated carbocycles. The summed E-state index contributed by atoms with van der Waals surface area (Å²) >= 11 is 0. The maximum absolute atomic E-state index is 4.26. The molecule has 0 unspecified atom stereocenters. The molecule has 0 fully saturated rings. The first-order valence-electron chi connectivity index (χ1n) is 5.69. The Kier molecular flexibility index (Phi) is 13.5. The molecule has 0 spiro atoms. The first-order chi connectivity index (χ1) is 7.36. The van der Waals surface area contributed by atoms with Crippen LogP contribution in [0.4, 0.5) is 0 Å². The number of nitrogens with one attached hydrogen (secondary N) is 1. The molecule has 100 valence electrons. The summed E-state index contributed by atoms with van der Waals surface area (Å²) in [5, 5.41) is 3.40. The molecule has 1 rings (SSSR count). The summed E-state index contributed by atoms with van der Waals surface area (Å²) in [7, 11) is 0. The van der Waals surface area contributed by atoms with E-state index in [1.54, 1.807) is 0 Å². The van der Waals surface area contributed by atoms with Gasteiger partial charge in [0.2, 0.25) is 0 Å². The fourth-order valence-electron chi connectivity index (χ4n) is 1.50. The highest BCUT2D eigenvalue weighted by Gasteiger charge is 1.97. The van der Waals surface area contributed by atoms with Gasteiger partial charge in [-0.1, -0.05) is 19.9 Å². The van der Waals surface area contributed by atoms with E-state index in [1.807, 2.05) is 24.4 Å².